The Balaban J connectivity index is 2.80. The second-order valence-electron chi connectivity index (χ2n) is 4.37. The Morgan fingerprint density at radius 1 is 1.37 bits per heavy atom. The monoisotopic (exact) mass is 263 g/mol. The Labute approximate surface area is 109 Å². The minimum atomic E-state index is -1.18. The third-order valence-corrected chi connectivity index (χ3v) is 3.03. The average Bonchev–Trinajstić information content (AvgIpc) is 2.37. The van der Waals surface area contributed by atoms with Gasteiger partial charge in [-0.3, -0.25) is 4.79 Å². The van der Waals surface area contributed by atoms with E-state index >= 15 is 0 Å². The van der Waals surface area contributed by atoms with Crippen LogP contribution in [0.4, 0.5) is 4.39 Å². The van der Waals surface area contributed by atoms with Gasteiger partial charge >= 0.3 is 5.97 Å². The molecule has 0 radical (unpaired) electrons. The molecular formula is C14H14FNO3. The van der Waals surface area contributed by atoms with Gasteiger partial charge in [-0.2, -0.15) is 0 Å². The molecule has 4 nitrogen and oxygen atoms in total. The molecule has 0 aliphatic rings. The number of rotatable bonds is 4. The van der Waals surface area contributed by atoms with E-state index in [1.165, 1.54) is 22.8 Å². The van der Waals surface area contributed by atoms with Gasteiger partial charge < -0.3 is 9.67 Å². The van der Waals surface area contributed by atoms with Gasteiger partial charge in [0.05, 0.1) is 5.52 Å². The molecule has 1 aromatic carbocycles. The van der Waals surface area contributed by atoms with Gasteiger partial charge in [-0.25, -0.2) is 9.18 Å². The molecule has 0 fully saturated rings. The lowest BCUT2D eigenvalue weighted by Crippen LogP contribution is -2.18. The van der Waals surface area contributed by atoms with Gasteiger partial charge in [0.15, 0.2) is 5.43 Å². The van der Waals surface area contributed by atoms with Crippen LogP contribution in [-0.2, 0) is 6.54 Å². The van der Waals surface area contributed by atoms with E-state index in [0.29, 0.717) is 17.4 Å². The highest BCUT2D eigenvalue weighted by Gasteiger charge is 2.14. The summed E-state index contributed by atoms with van der Waals surface area (Å²) >= 11 is 0. The largest absolute Gasteiger partial charge is 0.477 e. The number of nitrogens with zero attached hydrogens (tertiary/aromatic N) is 1. The summed E-state index contributed by atoms with van der Waals surface area (Å²) in [5, 5.41) is 9.50. The molecule has 2 rings (SSSR count). The third kappa shape index (κ3) is 2.50. The van der Waals surface area contributed by atoms with E-state index in [9.17, 15) is 14.0 Å². The van der Waals surface area contributed by atoms with Crippen molar-refractivity contribution < 1.29 is 14.3 Å². The summed E-state index contributed by atoms with van der Waals surface area (Å²) in [5.41, 5.74) is -0.171. The van der Waals surface area contributed by atoms with Crippen LogP contribution in [0.2, 0.25) is 0 Å². The van der Waals surface area contributed by atoms with E-state index in [-0.39, 0.29) is 5.69 Å². The molecule has 0 saturated carbocycles. The summed E-state index contributed by atoms with van der Waals surface area (Å²) in [6, 6.07) is 4.90. The highest BCUT2D eigenvalue weighted by atomic mass is 19.1. The first-order chi connectivity index (χ1) is 9.04. The minimum Gasteiger partial charge on any atom is -0.477 e. The fourth-order valence-corrected chi connectivity index (χ4v) is 2.08. The molecule has 0 aliphatic heterocycles. The number of hydrogen-bond donors (Lipinski definition) is 1. The smallest absolute Gasteiger partial charge is 0.352 e. The maximum atomic E-state index is 13.3. The lowest BCUT2D eigenvalue weighted by molar-refractivity contribution is 0.0684. The minimum absolute atomic E-state index is 0.100. The van der Waals surface area contributed by atoms with Crippen molar-refractivity contribution in [2.75, 3.05) is 0 Å². The van der Waals surface area contributed by atoms with Crippen LogP contribution in [0.1, 0.15) is 30.3 Å². The molecule has 0 saturated heterocycles. The van der Waals surface area contributed by atoms with Crippen LogP contribution in [0.3, 0.4) is 0 Å². The number of hydrogen-bond acceptors (Lipinski definition) is 2. The van der Waals surface area contributed by atoms with E-state index in [1.807, 2.05) is 6.92 Å². The molecule has 0 spiro atoms. The zero-order chi connectivity index (χ0) is 14.0. The molecule has 5 heteroatoms. The first kappa shape index (κ1) is 13.3. The Hall–Kier alpha value is -2.17. The first-order valence-corrected chi connectivity index (χ1v) is 6.11. The van der Waals surface area contributed by atoms with Crippen molar-refractivity contribution in [2.45, 2.75) is 26.3 Å². The molecule has 1 N–H and O–H groups in total. The van der Waals surface area contributed by atoms with Gasteiger partial charge in [0, 0.05) is 18.0 Å². The molecule has 0 amide bonds. The zero-order valence-electron chi connectivity index (χ0n) is 10.5. The molecule has 0 aliphatic carbocycles. The predicted octanol–water partition coefficient (Wildman–Crippen LogP) is 2.64. The van der Waals surface area contributed by atoms with Crippen LogP contribution in [0.15, 0.2) is 29.1 Å². The van der Waals surface area contributed by atoms with Gasteiger partial charge in [0.25, 0.3) is 0 Å². The normalized spacial score (nSPS) is 10.8. The number of benzene rings is 1. The van der Waals surface area contributed by atoms with E-state index in [1.54, 1.807) is 0 Å². The second kappa shape index (κ2) is 5.22. The summed E-state index contributed by atoms with van der Waals surface area (Å²) in [6.07, 6.45) is 1.64. The summed E-state index contributed by atoms with van der Waals surface area (Å²) in [4.78, 5) is 23.1. The summed E-state index contributed by atoms with van der Waals surface area (Å²) in [5.74, 6) is -1.67. The van der Waals surface area contributed by atoms with Gasteiger partial charge in [-0.15, -0.1) is 0 Å². The molecule has 1 aromatic heterocycles. The molecular weight excluding hydrogens is 249 g/mol. The van der Waals surface area contributed by atoms with Crippen molar-refractivity contribution in [1.82, 2.24) is 4.57 Å². The number of aromatic nitrogens is 1. The van der Waals surface area contributed by atoms with Crippen molar-refractivity contribution in [2.24, 2.45) is 0 Å². The number of halogens is 1. The van der Waals surface area contributed by atoms with Gasteiger partial charge in [0.2, 0.25) is 0 Å². The summed E-state index contributed by atoms with van der Waals surface area (Å²) in [6.45, 7) is 2.42. The quantitative estimate of drug-likeness (QED) is 0.922. The van der Waals surface area contributed by atoms with E-state index in [0.717, 1.165) is 18.9 Å². The average molecular weight is 263 g/mol. The Kier molecular flexibility index (Phi) is 3.64. The lowest BCUT2D eigenvalue weighted by atomic mass is 10.1. The van der Waals surface area contributed by atoms with Gasteiger partial charge in [-0.05, 0) is 24.6 Å². The molecule has 0 bridgehead atoms. The standard InChI is InChI=1S/C14H14FNO3/c1-2-3-6-16-11-7-9(15)4-5-10(11)13(17)8-12(16)14(18)19/h4-5,7-8H,2-3,6H2,1H3,(H,18,19). The fraction of sp³-hybridized carbons (Fsp3) is 0.286. The summed E-state index contributed by atoms with van der Waals surface area (Å²) in [7, 11) is 0. The van der Waals surface area contributed by atoms with E-state index in [2.05, 4.69) is 0 Å². The van der Waals surface area contributed by atoms with Crippen LogP contribution >= 0.6 is 0 Å². The van der Waals surface area contributed by atoms with Crippen molar-refractivity contribution >= 4 is 16.9 Å². The lowest BCUT2D eigenvalue weighted by Gasteiger charge is -2.14. The first-order valence-electron chi connectivity index (χ1n) is 6.11. The topological polar surface area (TPSA) is 59.3 Å². The number of unbranched alkanes of at least 4 members (excludes halogenated alkanes) is 1. The van der Waals surface area contributed by atoms with Crippen LogP contribution < -0.4 is 5.43 Å². The SMILES string of the molecule is CCCCn1c(C(=O)O)cc(=O)c2ccc(F)cc21. The Morgan fingerprint density at radius 3 is 2.74 bits per heavy atom. The highest BCUT2D eigenvalue weighted by Crippen LogP contribution is 2.16. The molecule has 2 aromatic rings. The number of aromatic carboxylic acids is 1. The number of pyridine rings is 1. The molecule has 0 atom stereocenters. The molecule has 100 valence electrons. The Morgan fingerprint density at radius 2 is 2.11 bits per heavy atom. The molecule has 1 heterocycles. The van der Waals surface area contributed by atoms with Crippen molar-refractivity contribution in [3.8, 4) is 0 Å². The van der Waals surface area contributed by atoms with E-state index < -0.39 is 17.2 Å². The number of fused-ring (bicyclic) bond motifs is 1. The van der Waals surface area contributed by atoms with Gasteiger partial charge in [-0.1, -0.05) is 13.3 Å². The zero-order valence-corrected chi connectivity index (χ0v) is 10.5. The Bertz CT molecular complexity index is 691. The third-order valence-electron chi connectivity index (χ3n) is 3.03. The van der Waals surface area contributed by atoms with Gasteiger partial charge in [0.1, 0.15) is 11.5 Å². The maximum Gasteiger partial charge on any atom is 0.352 e. The van der Waals surface area contributed by atoms with Crippen molar-refractivity contribution in [3.63, 3.8) is 0 Å². The van der Waals surface area contributed by atoms with Crippen LogP contribution in [0.25, 0.3) is 10.9 Å². The second-order valence-corrected chi connectivity index (χ2v) is 4.37. The highest BCUT2D eigenvalue weighted by molar-refractivity contribution is 5.90. The fourth-order valence-electron chi connectivity index (χ4n) is 2.08. The predicted molar refractivity (Wildman–Crippen MR) is 70.0 cm³/mol. The van der Waals surface area contributed by atoms with Crippen LogP contribution in [0.5, 0.6) is 0 Å². The van der Waals surface area contributed by atoms with E-state index in [4.69, 9.17) is 5.11 Å². The van der Waals surface area contributed by atoms with Crippen molar-refractivity contribution in [3.05, 3.63) is 46.0 Å². The van der Waals surface area contributed by atoms with Crippen molar-refractivity contribution in [1.29, 1.82) is 0 Å². The number of carboxylic acids is 1. The molecule has 19 heavy (non-hydrogen) atoms. The summed E-state index contributed by atoms with van der Waals surface area (Å²) < 4.78 is 14.8. The van der Waals surface area contributed by atoms with Crippen LogP contribution in [-0.4, -0.2) is 15.6 Å². The maximum absolute atomic E-state index is 13.3. The number of carboxylic acid groups (broad SMARTS) is 1. The number of carbonyl (C=O) groups is 1. The number of aryl methyl sites for hydroxylation is 1. The van der Waals surface area contributed by atoms with Crippen LogP contribution in [0, 0.1) is 5.82 Å². The molecule has 0 unspecified atom stereocenters.